The van der Waals surface area contributed by atoms with Gasteiger partial charge in [-0.25, -0.2) is 10.0 Å². The summed E-state index contributed by atoms with van der Waals surface area (Å²) < 4.78 is 0. The zero-order chi connectivity index (χ0) is 13.4. The molecule has 114 valence electrons. The molecule has 0 aliphatic carbocycles. The average Bonchev–Trinajstić information content (AvgIpc) is 3.22. The zero-order valence-corrected chi connectivity index (χ0v) is 12.4. The highest BCUT2D eigenvalue weighted by Gasteiger charge is 2.44. The number of rotatable bonds is 3. The minimum atomic E-state index is 0.0861. The van der Waals surface area contributed by atoms with Gasteiger partial charge >= 0.3 is 0 Å². The van der Waals surface area contributed by atoms with E-state index in [2.05, 4.69) is 31.0 Å². The lowest BCUT2D eigenvalue weighted by molar-refractivity contribution is -0.265. The quantitative estimate of drug-likeness (QED) is 0.551. The first kappa shape index (κ1) is 13.7. The third-order valence-electron chi connectivity index (χ3n) is 4.15. The first-order valence-electron chi connectivity index (χ1n) is 7.39. The van der Waals surface area contributed by atoms with Gasteiger partial charge < -0.3 is 16.0 Å². The maximum Gasteiger partial charge on any atom is 0.172 e. The molecule has 8 nitrogen and oxygen atoms in total. The number of nitrogens with one attached hydrogen (secondary N) is 3. The molecule has 4 aliphatic rings. The van der Waals surface area contributed by atoms with Crippen molar-refractivity contribution in [2.24, 2.45) is 0 Å². The van der Waals surface area contributed by atoms with E-state index in [1.807, 2.05) is 16.9 Å². The first-order chi connectivity index (χ1) is 9.92. The number of nitrogens with zero attached hydrogens (tertiary/aromatic N) is 4. The summed E-state index contributed by atoms with van der Waals surface area (Å²) in [7, 11) is 0. The van der Waals surface area contributed by atoms with Crippen LogP contribution in [0.2, 0.25) is 0 Å². The Kier molecular flexibility index (Phi) is 4.12. The molecule has 20 heavy (non-hydrogen) atoms. The highest BCUT2D eigenvalue weighted by molar-refractivity contribution is 8.00. The summed E-state index contributed by atoms with van der Waals surface area (Å²) in [5, 5.41) is 19.7. The first-order valence-corrected chi connectivity index (χ1v) is 8.44. The molecule has 3 N–H and O–H groups in total. The van der Waals surface area contributed by atoms with E-state index in [1.54, 1.807) is 0 Å². The molecule has 0 spiro atoms. The van der Waals surface area contributed by atoms with Gasteiger partial charge in [-0.1, -0.05) is 0 Å². The van der Waals surface area contributed by atoms with Gasteiger partial charge in [0.1, 0.15) is 6.67 Å². The number of hydroxylamine groups is 1. The smallest absolute Gasteiger partial charge is 0.172 e. The molecule has 4 heterocycles. The second kappa shape index (κ2) is 6.03. The molecular formula is C11H23N7OS. The Morgan fingerprint density at radius 3 is 2.45 bits per heavy atom. The molecule has 4 rings (SSSR count). The van der Waals surface area contributed by atoms with E-state index in [4.69, 9.17) is 4.84 Å². The van der Waals surface area contributed by atoms with Crippen LogP contribution in [0.1, 0.15) is 0 Å². The molecule has 0 amide bonds. The van der Waals surface area contributed by atoms with Crippen LogP contribution in [-0.4, -0.2) is 90.3 Å². The standard InChI is InChI=1S/C11H23N7OS/c1-4-15(7-12-1)17-9-18(16-5-2-13-8-16)19-11(17)10-14-3-6-20-10/h10-14H,1-9H2. The van der Waals surface area contributed by atoms with E-state index in [0.717, 1.165) is 52.7 Å². The van der Waals surface area contributed by atoms with Crippen molar-refractivity contribution >= 4 is 11.8 Å². The summed E-state index contributed by atoms with van der Waals surface area (Å²) in [5.41, 5.74) is 0. The molecule has 2 unspecified atom stereocenters. The molecular weight excluding hydrogens is 278 g/mol. The van der Waals surface area contributed by atoms with Gasteiger partial charge in [-0.15, -0.1) is 16.9 Å². The Hall–Kier alpha value is 0.0300. The van der Waals surface area contributed by atoms with Crippen molar-refractivity contribution in [2.45, 2.75) is 11.6 Å². The molecule has 0 aromatic heterocycles. The zero-order valence-electron chi connectivity index (χ0n) is 11.6. The molecule has 4 aliphatic heterocycles. The Balaban J connectivity index is 1.47. The maximum absolute atomic E-state index is 6.25. The Morgan fingerprint density at radius 1 is 1.00 bits per heavy atom. The average molecular weight is 301 g/mol. The topological polar surface area (TPSA) is 58.3 Å². The van der Waals surface area contributed by atoms with Crippen molar-refractivity contribution in [1.82, 2.24) is 36.1 Å². The molecule has 0 bridgehead atoms. The number of hydrogen-bond acceptors (Lipinski definition) is 9. The Bertz CT molecular complexity index is 307. The van der Waals surface area contributed by atoms with Crippen molar-refractivity contribution < 1.29 is 4.84 Å². The summed E-state index contributed by atoms with van der Waals surface area (Å²) >= 11 is 1.96. The molecule has 4 fully saturated rings. The molecule has 0 aromatic carbocycles. The predicted molar refractivity (Wildman–Crippen MR) is 76.8 cm³/mol. The van der Waals surface area contributed by atoms with E-state index in [9.17, 15) is 0 Å². The van der Waals surface area contributed by atoms with Crippen LogP contribution in [0.25, 0.3) is 0 Å². The van der Waals surface area contributed by atoms with Crippen molar-refractivity contribution in [3.8, 4) is 0 Å². The van der Waals surface area contributed by atoms with Crippen molar-refractivity contribution in [1.29, 1.82) is 0 Å². The summed E-state index contributed by atoms with van der Waals surface area (Å²) in [6, 6.07) is 0. The van der Waals surface area contributed by atoms with Crippen LogP contribution >= 0.6 is 11.8 Å². The third-order valence-corrected chi connectivity index (χ3v) is 5.35. The maximum atomic E-state index is 6.25. The second-order valence-corrected chi connectivity index (χ2v) is 6.70. The fraction of sp³-hybridized carbons (Fsp3) is 1.00. The molecule has 0 saturated carbocycles. The SMILES string of the molecule is C1CN(N2CN(N3CCNC3)C(C3NCCS3)O2)CN1. The van der Waals surface area contributed by atoms with E-state index in [0.29, 0.717) is 5.37 Å². The predicted octanol–water partition coefficient (Wildman–Crippen LogP) is -1.96. The monoisotopic (exact) mass is 301 g/mol. The number of hydrazine groups is 2. The van der Waals surface area contributed by atoms with Crippen LogP contribution < -0.4 is 16.0 Å². The fourth-order valence-corrected chi connectivity index (χ4v) is 4.14. The van der Waals surface area contributed by atoms with Gasteiger partial charge in [-0.05, 0) is 0 Å². The van der Waals surface area contributed by atoms with Crippen LogP contribution in [-0.2, 0) is 4.84 Å². The van der Waals surface area contributed by atoms with Crippen LogP contribution in [0.4, 0.5) is 0 Å². The van der Waals surface area contributed by atoms with Gasteiger partial charge in [-0.3, -0.25) is 4.84 Å². The number of hydrogen-bond donors (Lipinski definition) is 3. The lowest BCUT2D eigenvalue weighted by Crippen LogP contribution is -2.51. The van der Waals surface area contributed by atoms with Crippen molar-refractivity contribution in [3.63, 3.8) is 0 Å². The Labute approximate surface area is 123 Å². The molecule has 0 radical (unpaired) electrons. The van der Waals surface area contributed by atoms with Crippen LogP contribution in [0.5, 0.6) is 0 Å². The van der Waals surface area contributed by atoms with Crippen LogP contribution in [0.3, 0.4) is 0 Å². The summed E-state index contributed by atoms with van der Waals surface area (Å²) in [6.07, 6.45) is 0.0861. The van der Waals surface area contributed by atoms with Gasteiger partial charge in [0.2, 0.25) is 0 Å². The largest absolute Gasteiger partial charge is 0.302 e. The summed E-state index contributed by atoms with van der Waals surface area (Å²) in [6.45, 7) is 7.85. The van der Waals surface area contributed by atoms with Gasteiger partial charge in [0.15, 0.2) is 6.23 Å². The minimum absolute atomic E-state index is 0.0861. The van der Waals surface area contributed by atoms with Gasteiger partial charge in [0.05, 0.1) is 18.7 Å². The van der Waals surface area contributed by atoms with Gasteiger partial charge in [0, 0.05) is 38.5 Å². The molecule has 9 heteroatoms. The van der Waals surface area contributed by atoms with Crippen LogP contribution in [0, 0.1) is 0 Å². The highest BCUT2D eigenvalue weighted by Crippen LogP contribution is 2.29. The van der Waals surface area contributed by atoms with Gasteiger partial charge in [0.25, 0.3) is 0 Å². The highest BCUT2D eigenvalue weighted by atomic mass is 32.2. The van der Waals surface area contributed by atoms with E-state index in [-0.39, 0.29) is 6.23 Å². The minimum Gasteiger partial charge on any atom is -0.302 e. The molecule has 2 atom stereocenters. The summed E-state index contributed by atoms with van der Waals surface area (Å²) in [5.74, 6) is 1.17. The normalized spacial score (nSPS) is 38.4. The second-order valence-electron chi connectivity index (χ2n) is 5.45. The van der Waals surface area contributed by atoms with Crippen molar-refractivity contribution in [2.75, 3.05) is 58.5 Å². The third kappa shape index (κ3) is 2.58. The number of thioether (sulfide) groups is 1. The molecule has 0 aromatic rings. The van der Waals surface area contributed by atoms with E-state index < -0.39 is 0 Å². The Morgan fingerprint density at radius 2 is 1.80 bits per heavy atom. The van der Waals surface area contributed by atoms with E-state index >= 15 is 0 Å². The van der Waals surface area contributed by atoms with Crippen LogP contribution in [0.15, 0.2) is 0 Å². The lowest BCUT2D eigenvalue weighted by atomic mass is 10.5. The van der Waals surface area contributed by atoms with Gasteiger partial charge in [-0.2, -0.15) is 5.01 Å². The van der Waals surface area contributed by atoms with Crippen molar-refractivity contribution in [3.05, 3.63) is 0 Å². The summed E-state index contributed by atoms with van der Waals surface area (Å²) in [4.78, 5) is 6.25. The fourth-order valence-electron chi connectivity index (χ4n) is 3.06. The van der Waals surface area contributed by atoms with E-state index in [1.165, 1.54) is 5.75 Å². The molecule has 4 saturated heterocycles. The lowest BCUT2D eigenvalue weighted by Gasteiger charge is -2.31.